The first kappa shape index (κ1) is 14.8. The predicted molar refractivity (Wildman–Crippen MR) is 82.1 cm³/mol. The third-order valence-corrected chi connectivity index (χ3v) is 3.39. The molecule has 0 radical (unpaired) electrons. The van der Waals surface area contributed by atoms with Crippen LogP contribution in [0.4, 0.5) is 5.82 Å². The van der Waals surface area contributed by atoms with Crippen LogP contribution in [0.3, 0.4) is 0 Å². The minimum atomic E-state index is 0.132. The average molecular weight is 276 g/mol. The smallest absolute Gasteiger partial charge is 0.152 e. The van der Waals surface area contributed by atoms with Gasteiger partial charge >= 0.3 is 0 Å². The van der Waals surface area contributed by atoms with Crippen molar-refractivity contribution in [2.75, 3.05) is 24.6 Å². The van der Waals surface area contributed by atoms with Gasteiger partial charge in [0, 0.05) is 25.3 Å². The summed E-state index contributed by atoms with van der Waals surface area (Å²) < 4.78 is 2.12. The molecule has 0 fully saturated rings. The van der Waals surface area contributed by atoms with Crippen LogP contribution in [0, 0.1) is 0 Å². The molecule has 5 nitrogen and oxygen atoms in total. The molecular formula is C15H24N4O. The Labute approximate surface area is 120 Å². The molecule has 0 amide bonds. The van der Waals surface area contributed by atoms with Gasteiger partial charge in [0.2, 0.25) is 0 Å². The van der Waals surface area contributed by atoms with Gasteiger partial charge in [-0.25, -0.2) is 4.98 Å². The molecule has 20 heavy (non-hydrogen) atoms. The molecule has 0 spiro atoms. The number of anilines is 1. The predicted octanol–water partition coefficient (Wildman–Crippen LogP) is 1.65. The number of hydrogen-bond acceptors (Lipinski definition) is 4. The normalized spacial score (nSPS) is 11.4. The fourth-order valence-electron chi connectivity index (χ4n) is 2.39. The maximum absolute atomic E-state index is 9.30. The standard InChI is InChI=1S/C15H24N4O/c1-4-16-11-13-15(18(9-10-20)12(2)3)17-14-7-5-6-8-19(13)14/h5-8,12,16,20H,4,9-11H2,1-3H3. The Kier molecular flexibility index (Phi) is 4.98. The molecule has 0 saturated carbocycles. The molecule has 0 unspecified atom stereocenters. The van der Waals surface area contributed by atoms with E-state index in [9.17, 15) is 5.11 Å². The summed E-state index contributed by atoms with van der Waals surface area (Å²) in [7, 11) is 0. The number of aromatic nitrogens is 2. The highest BCUT2D eigenvalue weighted by molar-refractivity contribution is 5.56. The average Bonchev–Trinajstić information content (AvgIpc) is 2.80. The summed E-state index contributed by atoms with van der Waals surface area (Å²) in [5.41, 5.74) is 2.09. The lowest BCUT2D eigenvalue weighted by molar-refractivity contribution is 0.298. The molecule has 0 atom stereocenters. The summed E-state index contributed by atoms with van der Waals surface area (Å²) in [6, 6.07) is 6.32. The second-order valence-electron chi connectivity index (χ2n) is 5.10. The summed E-state index contributed by atoms with van der Waals surface area (Å²) >= 11 is 0. The van der Waals surface area contributed by atoms with Crippen LogP contribution in [0.15, 0.2) is 24.4 Å². The Morgan fingerprint density at radius 1 is 1.40 bits per heavy atom. The SMILES string of the molecule is CCNCc1c(N(CCO)C(C)C)nc2ccccn12. The number of imidazole rings is 1. The topological polar surface area (TPSA) is 52.8 Å². The maximum Gasteiger partial charge on any atom is 0.152 e. The van der Waals surface area contributed by atoms with Crippen molar-refractivity contribution in [3.05, 3.63) is 30.1 Å². The fraction of sp³-hybridized carbons (Fsp3) is 0.533. The molecule has 2 rings (SSSR count). The van der Waals surface area contributed by atoms with E-state index in [0.717, 1.165) is 30.2 Å². The van der Waals surface area contributed by atoms with Crippen molar-refractivity contribution < 1.29 is 5.11 Å². The Hall–Kier alpha value is -1.59. The zero-order chi connectivity index (χ0) is 14.5. The largest absolute Gasteiger partial charge is 0.395 e. The number of nitrogens with zero attached hydrogens (tertiary/aromatic N) is 3. The lowest BCUT2D eigenvalue weighted by Gasteiger charge is -2.27. The first-order chi connectivity index (χ1) is 9.69. The van der Waals surface area contributed by atoms with Crippen LogP contribution in [0.2, 0.25) is 0 Å². The molecule has 0 aliphatic carbocycles. The van der Waals surface area contributed by atoms with E-state index >= 15 is 0 Å². The van der Waals surface area contributed by atoms with Crippen molar-refractivity contribution >= 4 is 11.5 Å². The van der Waals surface area contributed by atoms with Crippen LogP contribution >= 0.6 is 0 Å². The van der Waals surface area contributed by atoms with E-state index in [2.05, 4.69) is 35.4 Å². The van der Waals surface area contributed by atoms with E-state index in [1.165, 1.54) is 0 Å². The van der Waals surface area contributed by atoms with E-state index in [1.807, 2.05) is 24.4 Å². The van der Waals surface area contributed by atoms with E-state index < -0.39 is 0 Å². The van der Waals surface area contributed by atoms with Gasteiger partial charge in [-0.05, 0) is 32.5 Å². The van der Waals surface area contributed by atoms with Gasteiger partial charge in [0.25, 0.3) is 0 Å². The van der Waals surface area contributed by atoms with Gasteiger partial charge in [0.1, 0.15) is 5.65 Å². The Bertz CT molecular complexity index is 550. The van der Waals surface area contributed by atoms with Crippen LogP contribution in [0.5, 0.6) is 0 Å². The lowest BCUT2D eigenvalue weighted by atomic mass is 10.3. The van der Waals surface area contributed by atoms with Crippen LogP contribution in [0.1, 0.15) is 26.5 Å². The van der Waals surface area contributed by atoms with Gasteiger partial charge < -0.3 is 19.7 Å². The van der Waals surface area contributed by atoms with E-state index in [4.69, 9.17) is 4.98 Å². The molecule has 0 aliphatic heterocycles. The monoisotopic (exact) mass is 276 g/mol. The van der Waals surface area contributed by atoms with E-state index in [-0.39, 0.29) is 6.61 Å². The first-order valence-corrected chi connectivity index (χ1v) is 7.23. The molecule has 0 aliphatic rings. The molecule has 2 aromatic heterocycles. The number of hydrogen-bond donors (Lipinski definition) is 2. The summed E-state index contributed by atoms with van der Waals surface area (Å²) in [5.74, 6) is 0.959. The van der Waals surface area contributed by atoms with Gasteiger partial charge in [-0.2, -0.15) is 0 Å². The van der Waals surface area contributed by atoms with Gasteiger partial charge in [-0.15, -0.1) is 0 Å². The van der Waals surface area contributed by atoms with Crippen molar-refractivity contribution in [1.82, 2.24) is 14.7 Å². The van der Waals surface area contributed by atoms with Crippen molar-refractivity contribution in [3.63, 3.8) is 0 Å². The second-order valence-corrected chi connectivity index (χ2v) is 5.10. The molecule has 2 heterocycles. The molecule has 2 aromatic rings. The van der Waals surface area contributed by atoms with Gasteiger partial charge in [0.15, 0.2) is 5.82 Å². The lowest BCUT2D eigenvalue weighted by Crippen LogP contribution is -2.35. The number of aliphatic hydroxyl groups excluding tert-OH is 1. The van der Waals surface area contributed by atoms with E-state index in [0.29, 0.717) is 12.6 Å². The number of fused-ring (bicyclic) bond motifs is 1. The highest BCUT2D eigenvalue weighted by Crippen LogP contribution is 2.23. The van der Waals surface area contributed by atoms with Crippen molar-refractivity contribution in [2.24, 2.45) is 0 Å². The van der Waals surface area contributed by atoms with Gasteiger partial charge in [0.05, 0.1) is 12.3 Å². The Morgan fingerprint density at radius 3 is 2.85 bits per heavy atom. The fourth-order valence-corrected chi connectivity index (χ4v) is 2.39. The highest BCUT2D eigenvalue weighted by atomic mass is 16.3. The minimum absolute atomic E-state index is 0.132. The molecule has 0 aromatic carbocycles. The highest BCUT2D eigenvalue weighted by Gasteiger charge is 2.19. The quantitative estimate of drug-likeness (QED) is 0.807. The zero-order valence-corrected chi connectivity index (χ0v) is 12.5. The minimum Gasteiger partial charge on any atom is -0.395 e. The summed E-state index contributed by atoms with van der Waals surface area (Å²) in [4.78, 5) is 6.90. The zero-order valence-electron chi connectivity index (χ0n) is 12.5. The molecular weight excluding hydrogens is 252 g/mol. The Morgan fingerprint density at radius 2 is 2.20 bits per heavy atom. The first-order valence-electron chi connectivity index (χ1n) is 7.23. The number of pyridine rings is 1. The third kappa shape index (κ3) is 2.94. The number of aliphatic hydroxyl groups is 1. The van der Waals surface area contributed by atoms with Crippen LogP contribution in [-0.2, 0) is 6.54 Å². The number of rotatable bonds is 7. The van der Waals surface area contributed by atoms with Crippen LogP contribution in [0.25, 0.3) is 5.65 Å². The van der Waals surface area contributed by atoms with Crippen LogP contribution < -0.4 is 10.2 Å². The maximum atomic E-state index is 9.30. The summed E-state index contributed by atoms with van der Waals surface area (Å²) in [6.45, 7) is 8.75. The molecule has 110 valence electrons. The van der Waals surface area contributed by atoms with Crippen LogP contribution in [-0.4, -0.2) is 40.2 Å². The van der Waals surface area contributed by atoms with Crippen molar-refractivity contribution in [2.45, 2.75) is 33.4 Å². The molecule has 5 heteroatoms. The summed E-state index contributed by atoms with van der Waals surface area (Å²) in [6.07, 6.45) is 2.04. The summed E-state index contributed by atoms with van der Waals surface area (Å²) in [5, 5.41) is 12.7. The van der Waals surface area contributed by atoms with E-state index in [1.54, 1.807) is 0 Å². The molecule has 0 saturated heterocycles. The Balaban J connectivity index is 2.48. The molecule has 2 N–H and O–H groups in total. The third-order valence-electron chi connectivity index (χ3n) is 3.39. The van der Waals surface area contributed by atoms with Gasteiger partial charge in [-0.3, -0.25) is 0 Å². The van der Waals surface area contributed by atoms with Crippen molar-refractivity contribution in [1.29, 1.82) is 0 Å². The molecule has 0 bridgehead atoms. The van der Waals surface area contributed by atoms with Gasteiger partial charge in [-0.1, -0.05) is 13.0 Å². The van der Waals surface area contributed by atoms with Crippen molar-refractivity contribution in [3.8, 4) is 0 Å². The number of nitrogens with one attached hydrogen (secondary N) is 1. The second kappa shape index (κ2) is 6.72.